The van der Waals surface area contributed by atoms with E-state index in [0.717, 1.165) is 0 Å². The normalized spacial score (nSPS) is 22.8. The van der Waals surface area contributed by atoms with Crippen LogP contribution in [0.4, 0.5) is 0 Å². The number of rotatable bonds is 2. The summed E-state index contributed by atoms with van der Waals surface area (Å²) in [6.07, 6.45) is 1.59. The van der Waals surface area contributed by atoms with Crippen molar-refractivity contribution in [1.82, 2.24) is 0 Å². The van der Waals surface area contributed by atoms with Crippen molar-refractivity contribution in [2.75, 3.05) is 7.11 Å². The van der Waals surface area contributed by atoms with Crippen LogP contribution in [0.1, 0.15) is 20.8 Å². The molecule has 1 rings (SSSR count). The number of hydrogen-bond donors (Lipinski definition) is 0. The molecule has 0 amide bonds. The number of halogens is 2. The molecule has 90 valence electrons. The van der Waals surface area contributed by atoms with Gasteiger partial charge in [-0.1, -0.05) is 23.2 Å². The maximum Gasteiger partial charge on any atom is 0.337 e. The Balaban J connectivity index is 3.17. The molecule has 1 aliphatic rings. The van der Waals surface area contributed by atoms with E-state index in [1.165, 1.54) is 7.11 Å². The van der Waals surface area contributed by atoms with E-state index in [0.29, 0.717) is 11.3 Å². The van der Waals surface area contributed by atoms with Crippen LogP contribution in [0.5, 0.6) is 0 Å². The summed E-state index contributed by atoms with van der Waals surface area (Å²) in [5.74, 6) is -0.170. The van der Waals surface area contributed by atoms with Gasteiger partial charge >= 0.3 is 5.97 Å². The van der Waals surface area contributed by atoms with Gasteiger partial charge in [-0.3, -0.25) is 0 Å². The fourth-order valence-corrected chi connectivity index (χ4v) is 2.12. The predicted molar refractivity (Wildman–Crippen MR) is 63.2 cm³/mol. The monoisotopic (exact) mass is 264 g/mol. The van der Waals surface area contributed by atoms with Gasteiger partial charge in [-0.25, -0.2) is 4.79 Å². The number of carbonyl (C=O) groups excluding carboxylic acids is 1. The van der Waals surface area contributed by atoms with Gasteiger partial charge in [-0.05, 0) is 26.8 Å². The van der Waals surface area contributed by atoms with E-state index in [9.17, 15) is 4.79 Å². The second-order valence-electron chi connectivity index (χ2n) is 4.10. The zero-order valence-electron chi connectivity index (χ0n) is 9.64. The molecule has 1 heterocycles. The predicted octanol–water partition coefficient (Wildman–Crippen LogP) is 3.18. The highest BCUT2D eigenvalue weighted by Gasteiger charge is 2.43. The molecule has 0 radical (unpaired) electrons. The Morgan fingerprint density at radius 2 is 2.06 bits per heavy atom. The molecule has 0 aromatic heterocycles. The van der Waals surface area contributed by atoms with Crippen LogP contribution in [0.2, 0.25) is 0 Å². The lowest BCUT2D eigenvalue weighted by Gasteiger charge is -2.25. The van der Waals surface area contributed by atoms with Crippen LogP contribution in [0, 0.1) is 5.92 Å². The molecule has 3 nitrogen and oxygen atoms in total. The van der Waals surface area contributed by atoms with Crippen LogP contribution in [-0.4, -0.2) is 18.7 Å². The second-order valence-corrected chi connectivity index (χ2v) is 5.11. The molecule has 0 aliphatic carbocycles. The Kier molecular flexibility index (Phi) is 3.92. The summed E-state index contributed by atoms with van der Waals surface area (Å²) in [5, 5.41) is 0. The average Bonchev–Trinajstić information content (AvgIpc) is 2.35. The van der Waals surface area contributed by atoms with Gasteiger partial charge in [-0.15, -0.1) is 0 Å². The maximum atomic E-state index is 11.6. The Morgan fingerprint density at radius 3 is 2.50 bits per heavy atom. The molecular formula is C11H14Cl2O3. The number of carbonyl (C=O) groups is 1. The molecule has 1 unspecified atom stereocenters. The van der Waals surface area contributed by atoms with Gasteiger partial charge in [0.2, 0.25) is 0 Å². The van der Waals surface area contributed by atoms with Gasteiger partial charge < -0.3 is 9.47 Å². The zero-order chi connectivity index (χ0) is 12.5. The molecule has 0 spiro atoms. The first kappa shape index (κ1) is 13.4. The molecule has 1 aliphatic heterocycles. The summed E-state index contributed by atoms with van der Waals surface area (Å²) in [7, 11) is 1.33. The summed E-state index contributed by atoms with van der Waals surface area (Å²) < 4.78 is 10.4. The summed E-state index contributed by atoms with van der Waals surface area (Å²) in [5.41, 5.74) is -0.0888. The quantitative estimate of drug-likeness (QED) is 0.719. The van der Waals surface area contributed by atoms with Crippen molar-refractivity contribution in [3.05, 3.63) is 21.9 Å². The molecule has 0 aromatic rings. The van der Waals surface area contributed by atoms with E-state index in [4.69, 9.17) is 32.7 Å². The van der Waals surface area contributed by atoms with Crippen LogP contribution < -0.4 is 0 Å². The Morgan fingerprint density at radius 1 is 1.50 bits per heavy atom. The van der Waals surface area contributed by atoms with Crippen molar-refractivity contribution in [3.8, 4) is 0 Å². The standard InChI is InChI=1S/C11H14Cl2O3/c1-6-9(10(14)15-4)7(5-8(12)13)11(2,3)16-6/h5,7H,1-4H3. The number of hydrogen-bond acceptors (Lipinski definition) is 3. The van der Waals surface area contributed by atoms with Gasteiger partial charge in [-0.2, -0.15) is 0 Å². The van der Waals surface area contributed by atoms with Crippen molar-refractivity contribution in [2.45, 2.75) is 26.4 Å². The van der Waals surface area contributed by atoms with Crippen LogP contribution in [0.3, 0.4) is 0 Å². The van der Waals surface area contributed by atoms with Crippen molar-refractivity contribution >= 4 is 29.2 Å². The minimum atomic E-state index is -0.553. The number of allylic oxidation sites excluding steroid dienone is 1. The topological polar surface area (TPSA) is 35.5 Å². The van der Waals surface area contributed by atoms with E-state index in [1.54, 1.807) is 13.0 Å². The number of esters is 1. The molecule has 0 saturated heterocycles. The molecule has 0 aromatic carbocycles. The van der Waals surface area contributed by atoms with E-state index < -0.39 is 11.6 Å². The van der Waals surface area contributed by atoms with Gasteiger partial charge in [0, 0.05) is 0 Å². The molecule has 1 atom stereocenters. The van der Waals surface area contributed by atoms with Gasteiger partial charge in [0.15, 0.2) is 0 Å². The van der Waals surface area contributed by atoms with Crippen molar-refractivity contribution < 1.29 is 14.3 Å². The highest BCUT2D eigenvalue weighted by Crippen LogP contribution is 2.41. The molecule has 0 saturated carbocycles. The molecular weight excluding hydrogens is 251 g/mol. The second kappa shape index (κ2) is 4.68. The van der Waals surface area contributed by atoms with E-state index in [1.807, 2.05) is 13.8 Å². The molecule has 0 N–H and O–H groups in total. The Hall–Kier alpha value is -0.670. The van der Waals surface area contributed by atoms with Crippen molar-refractivity contribution in [1.29, 1.82) is 0 Å². The highest BCUT2D eigenvalue weighted by atomic mass is 35.5. The van der Waals surface area contributed by atoms with Gasteiger partial charge in [0.25, 0.3) is 0 Å². The Labute approximate surface area is 105 Å². The summed E-state index contributed by atoms with van der Waals surface area (Å²) in [6, 6.07) is 0. The maximum absolute atomic E-state index is 11.6. The lowest BCUT2D eigenvalue weighted by atomic mass is 9.86. The lowest BCUT2D eigenvalue weighted by molar-refractivity contribution is -0.136. The fraction of sp³-hybridized carbons (Fsp3) is 0.545. The zero-order valence-corrected chi connectivity index (χ0v) is 11.1. The van der Waals surface area contributed by atoms with Crippen molar-refractivity contribution in [3.63, 3.8) is 0 Å². The highest BCUT2D eigenvalue weighted by molar-refractivity contribution is 6.55. The summed E-state index contributed by atoms with van der Waals surface area (Å²) in [6.45, 7) is 5.46. The van der Waals surface area contributed by atoms with Crippen LogP contribution >= 0.6 is 23.2 Å². The molecule has 0 fully saturated rings. The first-order chi connectivity index (χ1) is 7.29. The largest absolute Gasteiger partial charge is 0.491 e. The first-order valence-electron chi connectivity index (χ1n) is 4.80. The SMILES string of the molecule is COC(=O)C1=C(C)OC(C)(C)C1C=C(Cl)Cl. The summed E-state index contributed by atoms with van der Waals surface area (Å²) >= 11 is 11.3. The number of methoxy groups -OCH3 is 1. The third kappa shape index (κ3) is 2.53. The average molecular weight is 265 g/mol. The van der Waals surface area contributed by atoms with E-state index in [-0.39, 0.29) is 10.4 Å². The van der Waals surface area contributed by atoms with Crippen LogP contribution in [0.25, 0.3) is 0 Å². The fourth-order valence-electron chi connectivity index (χ4n) is 1.87. The van der Waals surface area contributed by atoms with E-state index >= 15 is 0 Å². The molecule has 0 bridgehead atoms. The molecule has 5 heteroatoms. The minimum absolute atomic E-state index is 0.109. The lowest BCUT2D eigenvalue weighted by Crippen LogP contribution is -2.30. The van der Waals surface area contributed by atoms with Gasteiger partial charge in [0.1, 0.15) is 15.9 Å². The number of ether oxygens (including phenoxy) is 2. The smallest absolute Gasteiger partial charge is 0.337 e. The first-order valence-corrected chi connectivity index (χ1v) is 5.56. The van der Waals surface area contributed by atoms with Crippen molar-refractivity contribution in [2.24, 2.45) is 5.92 Å². The van der Waals surface area contributed by atoms with E-state index in [2.05, 4.69) is 0 Å². The molecule has 16 heavy (non-hydrogen) atoms. The Bertz CT molecular complexity index is 365. The third-order valence-corrected chi connectivity index (χ3v) is 2.81. The summed E-state index contributed by atoms with van der Waals surface area (Å²) in [4.78, 5) is 11.6. The third-order valence-electron chi connectivity index (χ3n) is 2.55. The van der Waals surface area contributed by atoms with Crippen LogP contribution in [-0.2, 0) is 14.3 Å². The minimum Gasteiger partial charge on any atom is -0.491 e. The van der Waals surface area contributed by atoms with Gasteiger partial charge in [0.05, 0.1) is 18.6 Å². The van der Waals surface area contributed by atoms with Crippen LogP contribution in [0.15, 0.2) is 21.9 Å².